The molecule has 0 unspecified atom stereocenters. The van der Waals surface area contributed by atoms with Crippen molar-refractivity contribution in [2.75, 3.05) is 94.0 Å². The molecule has 2 aromatic heterocycles. The summed E-state index contributed by atoms with van der Waals surface area (Å²) >= 11 is 4.37. The summed E-state index contributed by atoms with van der Waals surface area (Å²) in [5.74, 6) is 2.07. The number of anilines is 3. The minimum atomic E-state index is -0.418. The highest BCUT2D eigenvalue weighted by Crippen LogP contribution is 2.20. The lowest BCUT2D eigenvalue weighted by atomic mass is 10.3. The zero-order chi connectivity index (χ0) is 25.5. The number of nitrogens with one attached hydrogen (secondary N) is 1. The molecular weight excluding hydrogens is 685 g/mol. The van der Waals surface area contributed by atoms with Gasteiger partial charge in [0.1, 0.15) is 17.5 Å². The second-order valence-electron chi connectivity index (χ2n) is 7.36. The number of pyridine rings is 2. The summed E-state index contributed by atoms with van der Waals surface area (Å²) in [4.78, 5) is 12.6. The van der Waals surface area contributed by atoms with E-state index in [1.54, 1.807) is 0 Å². The van der Waals surface area contributed by atoms with E-state index in [2.05, 4.69) is 71.4 Å². The highest BCUT2D eigenvalue weighted by atomic mass is 127. The highest BCUT2D eigenvalue weighted by Gasteiger charge is 2.14. The molecule has 10 nitrogen and oxygen atoms in total. The molecule has 2 fully saturated rings. The monoisotopic (exact) mass is 718 g/mol. The molecule has 35 heavy (non-hydrogen) atoms. The van der Waals surface area contributed by atoms with Gasteiger partial charge in [-0.15, -0.1) is 0 Å². The van der Waals surface area contributed by atoms with E-state index in [1.807, 2.05) is 17.0 Å². The minimum Gasteiger partial charge on any atom is -0.395 e. The molecule has 4 rings (SSSR count). The summed E-state index contributed by atoms with van der Waals surface area (Å²) < 4.78 is 25.6. The minimum absolute atomic E-state index is 0.0972. The number of hydrogen-bond donors (Lipinski definition) is 4. The molecule has 2 saturated heterocycles. The van der Waals surface area contributed by atoms with Crippen molar-refractivity contribution in [3.8, 4) is 0 Å². The quantitative estimate of drug-likeness (QED) is 0.258. The van der Waals surface area contributed by atoms with Gasteiger partial charge in [0.25, 0.3) is 0 Å². The van der Waals surface area contributed by atoms with E-state index in [9.17, 15) is 4.39 Å². The molecule has 0 bridgehead atoms. The van der Waals surface area contributed by atoms with E-state index in [4.69, 9.17) is 25.4 Å². The Morgan fingerprint density at radius 2 is 1.34 bits per heavy atom. The van der Waals surface area contributed by atoms with Gasteiger partial charge in [0.2, 0.25) is 5.95 Å². The molecule has 2 aliphatic rings. The second-order valence-corrected chi connectivity index (χ2v) is 9.85. The lowest BCUT2D eigenvalue weighted by Gasteiger charge is -2.28. The number of aromatic nitrogens is 2. The first-order chi connectivity index (χ1) is 17.0. The van der Waals surface area contributed by atoms with Crippen LogP contribution in [0, 0.1) is 13.1 Å². The maximum Gasteiger partial charge on any atom is 0.215 e. The molecule has 0 atom stereocenters. The van der Waals surface area contributed by atoms with E-state index in [0.29, 0.717) is 32.1 Å². The zero-order valence-corrected chi connectivity index (χ0v) is 23.8. The van der Waals surface area contributed by atoms with E-state index in [0.717, 1.165) is 58.2 Å². The second kappa shape index (κ2) is 17.4. The number of nitrogens with two attached hydrogens (primary N) is 1. The Kier molecular flexibility index (Phi) is 14.9. The van der Waals surface area contributed by atoms with Crippen LogP contribution in [0.3, 0.4) is 0 Å². The largest absolute Gasteiger partial charge is 0.395 e. The van der Waals surface area contributed by atoms with Crippen LogP contribution >= 0.6 is 45.2 Å². The number of nitrogens with zero attached hydrogens (tertiary/aromatic N) is 4. The highest BCUT2D eigenvalue weighted by molar-refractivity contribution is 14.1. The van der Waals surface area contributed by atoms with E-state index >= 15 is 0 Å². The van der Waals surface area contributed by atoms with Crippen LogP contribution in [0.1, 0.15) is 0 Å². The smallest absolute Gasteiger partial charge is 0.215 e. The van der Waals surface area contributed by atoms with E-state index < -0.39 is 5.95 Å². The molecule has 5 N–H and O–H groups in total. The fourth-order valence-electron chi connectivity index (χ4n) is 3.12. The van der Waals surface area contributed by atoms with Crippen LogP contribution in [0.2, 0.25) is 0 Å². The van der Waals surface area contributed by atoms with Crippen LogP contribution in [0.4, 0.5) is 21.8 Å². The zero-order valence-electron chi connectivity index (χ0n) is 19.5. The third-order valence-corrected chi connectivity index (χ3v) is 5.98. The average Bonchev–Trinajstić information content (AvgIpc) is 2.88. The molecule has 4 heterocycles. The fourth-order valence-corrected chi connectivity index (χ4v) is 4.23. The molecule has 0 amide bonds. The molecule has 2 aliphatic heterocycles. The van der Waals surface area contributed by atoms with Gasteiger partial charge >= 0.3 is 0 Å². The predicted molar refractivity (Wildman–Crippen MR) is 152 cm³/mol. The number of ether oxygens (including phenoxy) is 2. The van der Waals surface area contributed by atoms with Crippen LogP contribution in [0.15, 0.2) is 24.3 Å². The molecule has 2 aromatic rings. The van der Waals surface area contributed by atoms with Crippen molar-refractivity contribution in [2.24, 2.45) is 5.73 Å². The topological polar surface area (TPSA) is 129 Å². The third kappa shape index (κ3) is 11.7. The van der Waals surface area contributed by atoms with Gasteiger partial charge in [0, 0.05) is 52.5 Å². The van der Waals surface area contributed by atoms with Crippen LogP contribution in [-0.4, -0.2) is 99.1 Å². The number of aliphatic hydroxyl groups excluding tert-OH is 2. The molecule has 0 saturated carbocycles. The number of rotatable bonds is 6. The SMILES string of the molecule is Fc1cc(I)cc(N2CCOCC2)n1.NCCO.OCCNc1cc(I)cc(N2CCOCC2)n1. The Hall–Kier alpha value is -1.11. The van der Waals surface area contributed by atoms with Crippen molar-refractivity contribution < 1.29 is 24.1 Å². The van der Waals surface area contributed by atoms with Crippen molar-refractivity contribution in [3.05, 3.63) is 37.4 Å². The first-order valence-electron chi connectivity index (χ1n) is 11.3. The Morgan fingerprint density at radius 3 is 1.80 bits per heavy atom. The van der Waals surface area contributed by atoms with Crippen molar-refractivity contribution in [1.82, 2.24) is 9.97 Å². The van der Waals surface area contributed by atoms with Crippen LogP contribution in [0.25, 0.3) is 0 Å². The number of halogens is 3. The summed E-state index contributed by atoms with van der Waals surface area (Å²) in [7, 11) is 0. The van der Waals surface area contributed by atoms with Crippen molar-refractivity contribution >= 4 is 62.6 Å². The van der Waals surface area contributed by atoms with Gasteiger partial charge in [-0.25, -0.2) is 9.97 Å². The number of aliphatic hydroxyl groups is 2. The summed E-state index contributed by atoms with van der Waals surface area (Å²) in [5, 5.41) is 19.6. The Bertz CT molecular complexity index is 852. The average molecular weight is 718 g/mol. The molecule has 0 aliphatic carbocycles. The molecule has 0 radical (unpaired) electrons. The van der Waals surface area contributed by atoms with Crippen LogP contribution in [-0.2, 0) is 9.47 Å². The lowest BCUT2D eigenvalue weighted by molar-refractivity contribution is 0.122. The maximum absolute atomic E-state index is 13.0. The van der Waals surface area contributed by atoms with E-state index in [1.165, 1.54) is 6.07 Å². The van der Waals surface area contributed by atoms with Gasteiger partial charge in [-0.2, -0.15) is 4.39 Å². The van der Waals surface area contributed by atoms with Gasteiger partial charge in [-0.05, 0) is 63.4 Å². The predicted octanol–water partition coefficient (Wildman–Crippen LogP) is 1.53. The molecule has 0 spiro atoms. The Balaban J connectivity index is 0.000000217. The normalized spacial score (nSPS) is 15.5. The molecule has 196 valence electrons. The number of hydrogen-bond acceptors (Lipinski definition) is 10. The molecule has 0 aromatic carbocycles. The lowest BCUT2D eigenvalue weighted by Crippen LogP contribution is -2.36. The first-order valence-corrected chi connectivity index (χ1v) is 13.4. The summed E-state index contributed by atoms with van der Waals surface area (Å²) in [6.45, 7) is 7.33. The van der Waals surface area contributed by atoms with E-state index in [-0.39, 0.29) is 13.2 Å². The number of morpholine rings is 2. The van der Waals surface area contributed by atoms with Gasteiger partial charge < -0.3 is 40.5 Å². The summed E-state index contributed by atoms with van der Waals surface area (Å²) in [6.07, 6.45) is 0. The first kappa shape index (κ1) is 30.1. The summed E-state index contributed by atoms with van der Waals surface area (Å²) in [6, 6.07) is 7.34. The van der Waals surface area contributed by atoms with Crippen molar-refractivity contribution in [1.29, 1.82) is 0 Å². The van der Waals surface area contributed by atoms with Crippen LogP contribution < -0.4 is 20.9 Å². The fraction of sp³-hybridized carbons (Fsp3) is 0.545. The van der Waals surface area contributed by atoms with Gasteiger partial charge in [0.05, 0.1) is 39.6 Å². The third-order valence-electron chi connectivity index (χ3n) is 4.74. The molecule has 13 heteroatoms. The van der Waals surface area contributed by atoms with Crippen molar-refractivity contribution in [3.63, 3.8) is 0 Å². The van der Waals surface area contributed by atoms with Gasteiger partial charge in [-0.1, -0.05) is 0 Å². The Morgan fingerprint density at radius 1 is 0.857 bits per heavy atom. The molecular formula is C22H33FI2N6O4. The van der Waals surface area contributed by atoms with Crippen LogP contribution in [0.5, 0.6) is 0 Å². The summed E-state index contributed by atoms with van der Waals surface area (Å²) in [5.41, 5.74) is 4.78. The standard InChI is InChI=1S/C11H16IN3O2.C9H10FIN2O.C2H7NO/c12-9-7-10(13-1-4-16)14-11(8-9)15-2-5-17-6-3-15;10-8-5-7(11)6-9(12-8)13-1-3-14-4-2-13;3-1-2-4/h7-8,16H,1-6H2,(H,13,14);5-6H,1-4H2;4H,1-3H2. The van der Waals surface area contributed by atoms with Gasteiger partial charge in [-0.3, -0.25) is 0 Å². The Labute approximate surface area is 232 Å². The maximum atomic E-state index is 13.0. The van der Waals surface area contributed by atoms with Crippen molar-refractivity contribution in [2.45, 2.75) is 0 Å². The van der Waals surface area contributed by atoms with Gasteiger partial charge in [0.15, 0.2) is 0 Å².